The Morgan fingerprint density at radius 1 is 0.571 bits per heavy atom. The smallest absolute Gasteiger partial charge is 0.164 e. The Morgan fingerprint density at radius 2 is 0.914 bits per heavy atom. The summed E-state index contributed by atoms with van der Waals surface area (Å²) in [6.07, 6.45) is 26.3. The number of unbranched alkanes of at least 4 members (excludes halogenated alkanes) is 18. The third-order valence-corrected chi connectivity index (χ3v) is 6.73. The predicted octanol–water partition coefficient (Wildman–Crippen LogP) is 9.80. The van der Waals surface area contributed by atoms with Crippen molar-refractivity contribution in [2.75, 3.05) is 13.2 Å². The molecule has 0 amide bonds. The lowest BCUT2D eigenvalue weighted by Crippen LogP contribution is -2.03. The molecule has 0 saturated carbocycles. The lowest BCUT2D eigenvalue weighted by Gasteiger charge is -2.14. The molecule has 4 heteroatoms. The number of aromatic hydroxyl groups is 1. The van der Waals surface area contributed by atoms with E-state index in [-0.39, 0.29) is 11.3 Å². The number of aldehydes is 1. The van der Waals surface area contributed by atoms with Crippen LogP contribution < -0.4 is 9.47 Å². The number of phenols is 1. The van der Waals surface area contributed by atoms with Gasteiger partial charge in [0, 0.05) is 6.07 Å². The summed E-state index contributed by atoms with van der Waals surface area (Å²) in [6, 6.07) is 3.13. The predicted molar refractivity (Wildman–Crippen MR) is 148 cm³/mol. The number of phenolic OH excluding ortho intramolecular Hbond substituents is 1. The van der Waals surface area contributed by atoms with Gasteiger partial charge in [0.15, 0.2) is 17.8 Å². The van der Waals surface area contributed by atoms with Crippen LogP contribution in [0.2, 0.25) is 0 Å². The maximum atomic E-state index is 11.3. The van der Waals surface area contributed by atoms with Gasteiger partial charge >= 0.3 is 0 Å². The molecule has 0 saturated heterocycles. The van der Waals surface area contributed by atoms with Crippen molar-refractivity contribution in [3.63, 3.8) is 0 Å². The summed E-state index contributed by atoms with van der Waals surface area (Å²) in [4.78, 5) is 11.3. The maximum absolute atomic E-state index is 11.3. The average molecular weight is 491 g/mol. The number of ether oxygens (including phenoxy) is 2. The molecular formula is C31H54O4. The minimum Gasteiger partial charge on any atom is -0.507 e. The first-order valence-electron chi connectivity index (χ1n) is 14.8. The molecule has 0 radical (unpaired) electrons. The molecule has 202 valence electrons. The second kappa shape index (κ2) is 22.7. The second-order valence-electron chi connectivity index (χ2n) is 10.0. The molecule has 0 fully saturated rings. The lowest BCUT2D eigenvalue weighted by molar-refractivity contribution is 0.112. The molecule has 0 aromatic heterocycles. The number of hydrogen-bond donors (Lipinski definition) is 1. The van der Waals surface area contributed by atoms with Crippen LogP contribution in [0.5, 0.6) is 17.2 Å². The molecule has 0 aliphatic heterocycles. The van der Waals surface area contributed by atoms with Gasteiger partial charge in [0.1, 0.15) is 5.75 Å². The molecule has 0 atom stereocenters. The van der Waals surface area contributed by atoms with E-state index in [4.69, 9.17) is 9.47 Å². The van der Waals surface area contributed by atoms with Crippen LogP contribution in [0, 0.1) is 0 Å². The number of carbonyl (C=O) groups is 1. The summed E-state index contributed by atoms with van der Waals surface area (Å²) in [7, 11) is 0. The van der Waals surface area contributed by atoms with Gasteiger partial charge in [-0.05, 0) is 18.9 Å². The van der Waals surface area contributed by atoms with Gasteiger partial charge in [0.2, 0.25) is 0 Å². The molecule has 1 rings (SSSR count). The minimum atomic E-state index is -0.0515. The Morgan fingerprint density at radius 3 is 1.29 bits per heavy atom. The summed E-state index contributed by atoms with van der Waals surface area (Å²) >= 11 is 0. The van der Waals surface area contributed by atoms with E-state index in [9.17, 15) is 9.90 Å². The number of carbonyl (C=O) groups excluding carboxylic acids is 1. The normalized spacial score (nSPS) is 11.0. The standard InChI is InChI=1S/C31H54O4/c1-3-5-7-9-11-13-15-17-19-21-23-34-30-25-28(27-32)29(33)26-31(30)35-24-22-20-18-16-14-12-10-8-6-4-2/h25-27,33H,3-24H2,1-2H3. The average Bonchev–Trinajstić information content (AvgIpc) is 2.86. The van der Waals surface area contributed by atoms with Gasteiger partial charge in [-0.3, -0.25) is 4.79 Å². The van der Waals surface area contributed by atoms with Gasteiger partial charge in [-0.2, -0.15) is 0 Å². The third-order valence-electron chi connectivity index (χ3n) is 6.73. The van der Waals surface area contributed by atoms with E-state index in [2.05, 4.69) is 13.8 Å². The van der Waals surface area contributed by atoms with Crippen LogP contribution in [0.4, 0.5) is 0 Å². The van der Waals surface area contributed by atoms with Gasteiger partial charge in [0.05, 0.1) is 18.8 Å². The zero-order valence-electron chi connectivity index (χ0n) is 23.0. The molecule has 0 bridgehead atoms. The molecular weight excluding hydrogens is 436 g/mol. The molecule has 35 heavy (non-hydrogen) atoms. The van der Waals surface area contributed by atoms with Crippen molar-refractivity contribution < 1.29 is 19.4 Å². The van der Waals surface area contributed by atoms with Crippen LogP contribution in [-0.4, -0.2) is 24.6 Å². The minimum absolute atomic E-state index is 0.0515. The molecule has 4 nitrogen and oxygen atoms in total. The summed E-state index contributed by atoms with van der Waals surface area (Å²) in [5.41, 5.74) is 0.245. The fourth-order valence-corrected chi connectivity index (χ4v) is 4.43. The van der Waals surface area contributed by atoms with E-state index >= 15 is 0 Å². The highest BCUT2D eigenvalue weighted by atomic mass is 16.5. The first kappa shape index (κ1) is 31.3. The Bertz CT molecular complexity index is 629. The van der Waals surface area contributed by atoms with Crippen molar-refractivity contribution in [1.29, 1.82) is 0 Å². The fraction of sp³-hybridized carbons (Fsp3) is 0.774. The Balaban J connectivity index is 2.23. The summed E-state index contributed by atoms with van der Waals surface area (Å²) in [6.45, 7) is 5.72. The van der Waals surface area contributed by atoms with Crippen molar-refractivity contribution in [1.82, 2.24) is 0 Å². The Hall–Kier alpha value is -1.71. The van der Waals surface area contributed by atoms with E-state index in [1.165, 1.54) is 109 Å². The molecule has 0 aliphatic carbocycles. The molecule has 0 unspecified atom stereocenters. The zero-order chi connectivity index (χ0) is 25.4. The van der Waals surface area contributed by atoms with E-state index in [1.807, 2.05) is 0 Å². The SMILES string of the molecule is CCCCCCCCCCCCOc1cc(O)c(C=O)cc1OCCCCCCCCCCCC. The largest absolute Gasteiger partial charge is 0.507 e. The Labute approximate surface area is 216 Å². The maximum Gasteiger partial charge on any atom is 0.164 e. The summed E-state index contributed by atoms with van der Waals surface area (Å²) in [5.74, 6) is 1.05. The number of benzene rings is 1. The van der Waals surface area contributed by atoms with Crippen LogP contribution in [-0.2, 0) is 0 Å². The van der Waals surface area contributed by atoms with Gasteiger partial charge in [0.25, 0.3) is 0 Å². The highest BCUT2D eigenvalue weighted by Crippen LogP contribution is 2.34. The molecule has 1 aromatic carbocycles. The monoisotopic (exact) mass is 490 g/mol. The van der Waals surface area contributed by atoms with Gasteiger partial charge in [-0.15, -0.1) is 0 Å². The molecule has 1 aromatic rings. The summed E-state index contributed by atoms with van der Waals surface area (Å²) < 4.78 is 11.9. The van der Waals surface area contributed by atoms with Crippen molar-refractivity contribution in [2.45, 2.75) is 142 Å². The van der Waals surface area contributed by atoms with E-state index < -0.39 is 0 Å². The topological polar surface area (TPSA) is 55.8 Å². The first-order valence-corrected chi connectivity index (χ1v) is 14.8. The number of hydrogen-bond acceptors (Lipinski definition) is 4. The van der Waals surface area contributed by atoms with Crippen LogP contribution >= 0.6 is 0 Å². The highest BCUT2D eigenvalue weighted by Gasteiger charge is 2.12. The highest BCUT2D eigenvalue weighted by molar-refractivity contribution is 5.81. The zero-order valence-corrected chi connectivity index (χ0v) is 23.0. The first-order chi connectivity index (χ1) is 17.2. The van der Waals surface area contributed by atoms with Crippen LogP contribution in [0.25, 0.3) is 0 Å². The van der Waals surface area contributed by atoms with Crippen LogP contribution in [0.3, 0.4) is 0 Å². The van der Waals surface area contributed by atoms with E-state index in [1.54, 1.807) is 6.07 Å². The summed E-state index contributed by atoms with van der Waals surface area (Å²) in [5, 5.41) is 10.1. The molecule has 0 heterocycles. The molecule has 0 spiro atoms. The van der Waals surface area contributed by atoms with Gasteiger partial charge in [-0.25, -0.2) is 0 Å². The third kappa shape index (κ3) is 16.6. The van der Waals surface area contributed by atoms with Crippen molar-refractivity contribution in [3.05, 3.63) is 17.7 Å². The second-order valence-corrected chi connectivity index (χ2v) is 10.0. The van der Waals surface area contributed by atoms with E-state index in [0.29, 0.717) is 31.0 Å². The van der Waals surface area contributed by atoms with Crippen LogP contribution in [0.15, 0.2) is 12.1 Å². The van der Waals surface area contributed by atoms with Crippen molar-refractivity contribution >= 4 is 6.29 Å². The van der Waals surface area contributed by atoms with Crippen molar-refractivity contribution in [2.24, 2.45) is 0 Å². The molecule has 1 N–H and O–H groups in total. The Kier molecular flexibility index (Phi) is 20.3. The van der Waals surface area contributed by atoms with Crippen molar-refractivity contribution in [3.8, 4) is 17.2 Å². The molecule has 0 aliphatic rings. The quantitative estimate of drug-likeness (QED) is 0.109. The lowest BCUT2D eigenvalue weighted by atomic mass is 10.1. The van der Waals surface area contributed by atoms with E-state index in [0.717, 1.165) is 25.7 Å². The number of rotatable bonds is 25. The van der Waals surface area contributed by atoms with Gasteiger partial charge in [-0.1, -0.05) is 129 Å². The van der Waals surface area contributed by atoms with Gasteiger partial charge < -0.3 is 14.6 Å². The fourth-order valence-electron chi connectivity index (χ4n) is 4.43. The van der Waals surface area contributed by atoms with Crippen LogP contribution in [0.1, 0.15) is 153 Å².